The molecule has 1 unspecified atom stereocenters. The van der Waals surface area contributed by atoms with Crippen LogP contribution in [-0.4, -0.2) is 50.4 Å². The van der Waals surface area contributed by atoms with Crippen LogP contribution in [0.1, 0.15) is 12.0 Å². The molecule has 1 atom stereocenters. The third-order valence-electron chi connectivity index (χ3n) is 4.24. The zero-order valence-electron chi connectivity index (χ0n) is 11.9. The number of carbonyl (C=O) groups excluding carboxylic acids is 1. The van der Waals surface area contributed by atoms with Crippen molar-refractivity contribution >= 4 is 21.4 Å². The lowest BCUT2D eigenvalue weighted by Crippen LogP contribution is -2.42. The Bertz CT molecular complexity index is 642. The molecular formula is C15H20N2O3S. The molecule has 2 heterocycles. The molecule has 2 aliphatic heterocycles. The summed E-state index contributed by atoms with van der Waals surface area (Å²) in [6, 6.07) is 8.02. The number of hydrogen-bond donors (Lipinski definition) is 1. The number of rotatable bonds is 1. The van der Waals surface area contributed by atoms with E-state index in [9.17, 15) is 13.2 Å². The quantitative estimate of drug-likeness (QED) is 0.838. The molecule has 0 spiro atoms. The average molecular weight is 308 g/mol. The molecule has 1 aromatic carbocycles. The molecule has 1 amide bonds. The summed E-state index contributed by atoms with van der Waals surface area (Å²) < 4.78 is 23.3. The molecule has 5 nitrogen and oxygen atoms in total. The van der Waals surface area contributed by atoms with Crippen molar-refractivity contribution in [1.29, 1.82) is 0 Å². The van der Waals surface area contributed by atoms with Crippen LogP contribution in [-0.2, 0) is 21.1 Å². The van der Waals surface area contributed by atoms with Crippen LogP contribution in [0.15, 0.2) is 24.3 Å². The van der Waals surface area contributed by atoms with E-state index in [1.54, 1.807) is 4.90 Å². The van der Waals surface area contributed by atoms with Gasteiger partial charge in [-0.25, -0.2) is 8.42 Å². The molecule has 114 valence electrons. The highest BCUT2D eigenvalue weighted by atomic mass is 32.2. The number of amides is 1. The Balaban J connectivity index is 1.69. The van der Waals surface area contributed by atoms with Gasteiger partial charge in [0.1, 0.15) is 0 Å². The summed E-state index contributed by atoms with van der Waals surface area (Å²) in [6.45, 7) is 1.51. The van der Waals surface area contributed by atoms with E-state index in [0.717, 1.165) is 17.7 Å². The molecule has 2 aliphatic rings. The average Bonchev–Trinajstić information content (AvgIpc) is 2.67. The maximum atomic E-state index is 12.6. The molecule has 1 aromatic rings. The SMILES string of the molecule is O=C(C1CNc2ccccc2C1)N1CCCS(=O)(=O)CC1. The van der Waals surface area contributed by atoms with E-state index in [-0.39, 0.29) is 23.3 Å². The van der Waals surface area contributed by atoms with Crippen LogP contribution in [0.4, 0.5) is 5.69 Å². The number of hydrogen-bond acceptors (Lipinski definition) is 4. The van der Waals surface area contributed by atoms with E-state index >= 15 is 0 Å². The number of anilines is 1. The Morgan fingerprint density at radius 1 is 1.19 bits per heavy atom. The van der Waals surface area contributed by atoms with E-state index in [2.05, 4.69) is 5.32 Å². The van der Waals surface area contributed by atoms with Crippen LogP contribution >= 0.6 is 0 Å². The van der Waals surface area contributed by atoms with Crippen molar-refractivity contribution in [3.05, 3.63) is 29.8 Å². The van der Waals surface area contributed by atoms with Gasteiger partial charge in [-0.2, -0.15) is 0 Å². The van der Waals surface area contributed by atoms with Gasteiger partial charge in [-0.1, -0.05) is 18.2 Å². The van der Waals surface area contributed by atoms with Crippen molar-refractivity contribution in [3.8, 4) is 0 Å². The van der Waals surface area contributed by atoms with Gasteiger partial charge in [-0.3, -0.25) is 4.79 Å². The Morgan fingerprint density at radius 3 is 2.86 bits per heavy atom. The van der Waals surface area contributed by atoms with Gasteiger partial charge in [0, 0.05) is 25.3 Å². The summed E-state index contributed by atoms with van der Waals surface area (Å²) >= 11 is 0. The molecular weight excluding hydrogens is 288 g/mol. The van der Waals surface area contributed by atoms with Crippen molar-refractivity contribution < 1.29 is 13.2 Å². The fraction of sp³-hybridized carbons (Fsp3) is 0.533. The third kappa shape index (κ3) is 3.20. The molecule has 21 heavy (non-hydrogen) atoms. The Kier molecular flexibility index (Phi) is 3.89. The lowest BCUT2D eigenvalue weighted by molar-refractivity contribution is -0.134. The molecule has 3 rings (SSSR count). The first-order valence-electron chi connectivity index (χ1n) is 7.36. The summed E-state index contributed by atoms with van der Waals surface area (Å²) in [4.78, 5) is 14.3. The molecule has 0 radical (unpaired) electrons. The largest absolute Gasteiger partial charge is 0.384 e. The van der Waals surface area contributed by atoms with E-state index < -0.39 is 9.84 Å². The molecule has 0 saturated carbocycles. The molecule has 1 N–H and O–H groups in total. The minimum absolute atomic E-state index is 0.0779. The molecule has 0 bridgehead atoms. The summed E-state index contributed by atoms with van der Waals surface area (Å²) in [5.74, 6) is 0.271. The van der Waals surface area contributed by atoms with Gasteiger partial charge in [-0.15, -0.1) is 0 Å². The number of nitrogens with one attached hydrogen (secondary N) is 1. The Morgan fingerprint density at radius 2 is 2.00 bits per heavy atom. The van der Waals surface area contributed by atoms with Crippen molar-refractivity contribution in [2.75, 3.05) is 36.5 Å². The van der Waals surface area contributed by atoms with Gasteiger partial charge in [0.2, 0.25) is 5.91 Å². The lowest BCUT2D eigenvalue weighted by Gasteiger charge is -2.30. The first-order valence-corrected chi connectivity index (χ1v) is 9.18. The van der Waals surface area contributed by atoms with Gasteiger partial charge in [0.25, 0.3) is 0 Å². The fourth-order valence-corrected chi connectivity index (χ4v) is 4.30. The predicted molar refractivity (Wildman–Crippen MR) is 82.0 cm³/mol. The highest BCUT2D eigenvalue weighted by Crippen LogP contribution is 2.25. The second kappa shape index (κ2) is 5.67. The van der Waals surface area contributed by atoms with Crippen molar-refractivity contribution in [1.82, 2.24) is 4.90 Å². The first kappa shape index (κ1) is 14.4. The van der Waals surface area contributed by atoms with Crippen LogP contribution in [0.3, 0.4) is 0 Å². The normalized spacial score (nSPS) is 24.6. The summed E-state index contributed by atoms with van der Waals surface area (Å²) in [6.07, 6.45) is 1.27. The molecule has 1 saturated heterocycles. The second-order valence-corrected chi connectivity index (χ2v) is 8.07. The zero-order valence-corrected chi connectivity index (χ0v) is 12.7. The zero-order chi connectivity index (χ0) is 14.9. The summed E-state index contributed by atoms with van der Waals surface area (Å²) in [5, 5.41) is 3.30. The standard InChI is InChI=1S/C15H20N2O3S/c18-15(17-6-3-8-21(19,20)9-7-17)13-10-12-4-1-2-5-14(12)16-11-13/h1-2,4-5,13,16H,3,6-11H2. The van der Waals surface area contributed by atoms with Crippen LogP contribution in [0.5, 0.6) is 0 Å². The highest BCUT2D eigenvalue weighted by Gasteiger charge is 2.30. The minimum Gasteiger partial charge on any atom is -0.384 e. The van der Waals surface area contributed by atoms with E-state index in [0.29, 0.717) is 26.1 Å². The van der Waals surface area contributed by atoms with E-state index in [1.807, 2.05) is 24.3 Å². The topological polar surface area (TPSA) is 66.5 Å². The second-order valence-electron chi connectivity index (χ2n) is 5.77. The number of benzene rings is 1. The fourth-order valence-electron chi connectivity index (χ4n) is 3.03. The van der Waals surface area contributed by atoms with Crippen molar-refractivity contribution in [3.63, 3.8) is 0 Å². The van der Waals surface area contributed by atoms with E-state index in [1.165, 1.54) is 0 Å². The molecule has 1 fully saturated rings. The van der Waals surface area contributed by atoms with Crippen LogP contribution < -0.4 is 5.32 Å². The summed E-state index contributed by atoms with van der Waals surface area (Å²) in [5.41, 5.74) is 2.25. The minimum atomic E-state index is -2.97. The number of fused-ring (bicyclic) bond motifs is 1. The van der Waals surface area contributed by atoms with E-state index in [4.69, 9.17) is 0 Å². The van der Waals surface area contributed by atoms with Gasteiger partial charge in [-0.05, 0) is 24.5 Å². The number of para-hydroxylation sites is 1. The molecule has 6 heteroatoms. The monoisotopic (exact) mass is 308 g/mol. The van der Waals surface area contributed by atoms with Crippen molar-refractivity contribution in [2.24, 2.45) is 5.92 Å². The number of sulfone groups is 1. The Hall–Kier alpha value is -1.56. The van der Waals surface area contributed by atoms with Crippen LogP contribution in [0.2, 0.25) is 0 Å². The van der Waals surface area contributed by atoms with Gasteiger partial charge in [0.15, 0.2) is 9.84 Å². The maximum absolute atomic E-state index is 12.6. The van der Waals surface area contributed by atoms with Gasteiger partial charge in [0.05, 0.1) is 17.4 Å². The van der Waals surface area contributed by atoms with Crippen LogP contribution in [0, 0.1) is 5.92 Å². The van der Waals surface area contributed by atoms with Crippen molar-refractivity contribution in [2.45, 2.75) is 12.8 Å². The van der Waals surface area contributed by atoms with Crippen LogP contribution in [0.25, 0.3) is 0 Å². The summed E-state index contributed by atoms with van der Waals surface area (Å²) in [7, 11) is -2.97. The molecule has 0 aromatic heterocycles. The number of carbonyl (C=O) groups is 1. The smallest absolute Gasteiger partial charge is 0.227 e. The lowest BCUT2D eigenvalue weighted by atomic mass is 9.93. The highest BCUT2D eigenvalue weighted by molar-refractivity contribution is 7.91. The first-order chi connectivity index (χ1) is 10.1. The van der Waals surface area contributed by atoms with Gasteiger partial charge >= 0.3 is 0 Å². The number of nitrogens with zero attached hydrogens (tertiary/aromatic N) is 1. The third-order valence-corrected chi connectivity index (χ3v) is 5.95. The predicted octanol–water partition coefficient (Wildman–Crippen LogP) is 0.918. The van der Waals surface area contributed by atoms with Gasteiger partial charge < -0.3 is 10.2 Å². The maximum Gasteiger partial charge on any atom is 0.227 e. The Labute approximate surface area is 125 Å². The molecule has 0 aliphatic carbocycles.